The van der Waals surface area contributed by atoms with E-state index in [-0.39, 0.29) is 17.1 Å². The number of aryl methyl sites for hydroxylation is 2. The van der Waals surface area contributed by atoms with E-state index in [4.69, 9.17) is 13.9 Å². The lowest BCUT2D eigenvalue weighted by atomic mass is 9.97. The summed E-state index contributed by atoms with van der Waals surface area (Å²) in [6, 6.07) is 18.0. The maximum atomic E-state index is 13.8. The molecule has 5 rings (SSSR count). The predicted molar refractivity (Wildman–Crippen MR) is 136 cm³/mol. The highest BCUT2D eigenvalue weighted by Crippen LogP contribution is 2.43. The largest absolute Gasteiger partial charge is 0.490 e. The van der Waals surface area contributed by atoms with Crippen LogP contribution in [0.3, 0.4) is 0 Å². The highest BCUT2D eigenvalue weighted by atomic mass is 16.5. The van der Waals surface area contributed by atoms with Crippen LogP contribution in [0.25, 0.3) is 11.0 Å². The second kappa shape index (κ2) is 8.95. The molecule has 1 aliphatic heterocycles. The van der Waals surface area contributed by atoms with Gasteiger partial charge in [-0.2, -0.15) is 0 Å². The lowest BCUT2D eigenvalue weighted by Gasteiger charge is -2.26. The molecule has 1 amide bonds. The second-order valence-corrected chi connectivity index (χ2v) is 8.66. The van der Waals surface area contributed by atoms with Crippen molar-refractivity contribution < 1.29 is 18.7 Å². The van der Waals surface area contributed by atoms with Crippen molar-refractivity contribution in [3.8, 4) is 11.5 Å². The number of fused-ring (bicyclic) bond motifs is 2. The molecule has 0 bridgehead atoms. The summed E-state index contributed by atoms with van der Waals surface area (Å²) in [5, 5.41) is 0.462. The van der Waals surface area contributed by atoms with Gasteiger partial charge in [0, 0.05) is 5.69 Å². The van der Waals surface area contributed by atoms with Crippen molar-refractivity contribution in [2.45, 2.75) is 33.7 Å². The van der Waals surface area contributed by atoms with E-state index in [9.17, 15) is 9.59 Å². The van der Waals surface area contributed by atoms with Crippen LogP contribution in [-0.2, 0) is 0 Å². The maximum absolute atomic E-state index is 13.8. The molecule has 0 aliphatic carbocycles. The average Bonchev–Trinajstić information content (AvgIpc) is 3.13. The molecule has 0 N–H and O–H groups in total. The number of nitrogens with zero attached hydrogens (tertiary/aromatic N) is 1. The Bertz CT molecular complexity index is 1500. The van der Waals surface area contributed by atoms with E-state index >= 15 is 0 Å². The molecule has 1 unspecified atom stereocenters. The molecule has 1 atom stereocenters. The number of benzene rings is 3. The Hall–Kier alpha value is -4.06. The molecule has 3 aromatic carbocycles. The SMILES string of the molecule is CCOc1ccc(C2c3c(oc4ccc(C)cc4c3=O)C(=O)N2c2cccc(C)c2)cc1OCC. The molecule has 0 spiro atoms. The fourth-order valence-corrected chi connectivity index (χ4v) is 4.68. The number of hydrogen-bond acceptors (Lipinski definition) is 5. The minimum absolute atomic E-state index is 0.0738. The first-order valence-electron chi connectivity index (χ1n) is 11.8. The van der Waals surface area contributed by atoms with Crippen LogP contribution in [0.4, 0.5) is 5.69 Å². The van der Waals surface area contributed by atoms with Crippen molar-refractivity contribution in [3.63, 3.8) is 0 Å². The molecule has 0 saturated carbocycles. The summed E-state index contributed by atoms with van der Waals surface area (Å²) in [4.78, 5) is 29.2. The number of hydrogen-bond donors (Lipinski definition) is 0. The summed E-state index contributed by atoms with van der Waals surface area (Å²) in [5.74, 6) is 0.913. The molecule has 6 heteroatoms. The summed E-state index contributed by atoms with van der Waals surface area (Å²) >= 11 is 0. The Labute approximate surface area is 203 Å². The van der Waals surface area contributed by atoms with Crippen molar-refractivity contribution in [2.75, 3.05) is 18.1 Å². The third-order valence-electron chi connectivity index (χ3n) is 6.19. The summed E-state index contributed by atoms with van der Waals surface area (Å²) in [6.07, 6.45) is 0. The normalized spacial score (nSPS) is 14.9. The molecule has 1 aliphatic rings. The highest BCUT2D eigenvalue weighted by Gasteiger charge is 2.44. The predicted octanol–water partition coefficient (Wildman–Crippen LogP) is 5.96. The van der Waals surface area contributed by atoms with E-state index < -0.39 is 6.04 Å². The van der Waals surface area contributed by atoms with Gasteiger partial charge in [-0.1, -0.05) is 29.8 Å². The molecule has 178 valence electrons. The van der Waals surface area contributed by atoms with Gasteiger partial charge in [-0.15, -0.1) is 0 Å². The Balaban J connectivity index is 1.79. The van der Waals surface area contributed by atoms with Gasteiger partial charge in [-0.25, -0.2) is 0 Å². The molecule has 0 fully saturated rings. The van der Waals surface area contributed by atoms with Crippen LogP contribution < -0.4 is 19.8 Å². The average molecular weight is 470 g/mol. The van der Waals surface area contributed by atoms with Gasteiger partial charge in [0.15, 0.2) is 16.9 Å². The first-order valence-corrected chi connectivity index (χ1v) is 11.8. The van der Waals surface area contributed by atoms with Crippen LogP contribution in [0.1, 0.15) is 52.7 Å². The van der Waals surface area contributed by atoms with Crippen LogP contribution >= 0.6 is 0 Å². The number of carbonyl (C=O) groups excluding carboxylic acids is 1. The van der Waals surface area contributed by atoms with Gasteiger partial charge in [0.2, 0.25) is 5.76 Å². The van der Waals surface area contributed by atoms with E-state index in [1.807, 2.05) is 82.3 Å². The van der Waals surface area contributed by atoms with Crippen LogP contribution in [0.2, 0.25) is 0 Å². The fraction of sp³-hybridized carbons (Fsp3) is 0.241. The second-order valence-electron chi connectivity index (χ2n) is 8.66. The number of amides is 1. The molecular formula is C29H27NO5. The number of ether oxygens (including phenoxy) is 2. The number of anilines is 1. The highest BCUT2D eigenvalue weighted by molar-refractivity contribution is 6.10. The molecule has 35 heavy (non-hydrogen) atoms. The van der Waals surface area contributed by atoms with E-state index in [1.165, 1.54) is 0 Å². The van der Waals surface area contributed by atoms with Gasteiger partial charge >= 0.3 is 0 Å². The van der Waals surface area contributed by atoms with Gasteiger partial charge in [0.05, 0.1) is 30.2 Å². The third-order valence-corrected chi connectivity index (χ3v) is 6.19. The van der Waals surface area contributed by atoms with E-state index in [2.05, 4.69) is 0 Å². The lowest BCUT2D eigenvalue weighted by molar-refractivity contribution is 0.0971. The molecule has 6 nitrogen and oxygen atoms in total. The van der Waals surface area contributed by atoms with Crippen molar-refractivity contribution >= 4 is 22.6 Å². The van der Waals surface area contributed by atoms with Gasteiger partial charge in [-0.3, -0.25) is 14.5 Å². The zero-order valence-corrected chi connectivity index (χ0v) is 20.3. The van der Waals surface area contributed by atoms with Crippen molar-refractivity contribution in [1.29, 1.82) is 0 Å². The summed E-state index contributed by atoms with van der Waals surface area (Å²) in [5.41, 5.74) is 3.92. The molecular weight excluding hydrogens is 442 g/mol. The smallest absolute Gasteiger partial charge is 0.295 e. The van der Waals surface area contributed by atoms with Crippen molar-refractivity contribution in [1.82, 2.24) is 0 Å². The first-order chi connectivity index (χ1) is 16.9. The Morgan fingerprint density at radius 3 is 2.34 bits per heavy atom. The standard InChI is InChI=1S/C29H27NO5/c1-5-33-23-13-11-19(16-24(23)34-6-2)26-25-27(31)21-15-18(4)10-12-22(21)35-28(25)29(32)30(26)20-9-7-8-17(3)14-20/h7-16,26H,5-6H2,1-4H3. The Kier molecular flexibility index (Phi) is 5.81. The maximum Gasteiger partial charge on any atom is 0.295 e. The number of carbonyl (C=O) groups is 1. The minimum atomic E-state index is -0.671. The first kappa shape index (κ1) is 22.7. The number of rotatable bonds is 6. The Morgan fingerprint density at radius 2 is 1.60 bits per heavy atom. The monoisotopic (exact) mass is 469 g/mol. The molecule has 1 aromatic heterocycles. The van der Waals surface area contributed by atoms with Crippen molar-refractivity contribution in [2.24, 2.45) is 0 Å². The molecule has 4 aromatic rings. The van der Waals surface area contributed by atoms with Gasteiger partial charge in [0.25, 0.3) is 5.91 Å². The molecule has 0 radical (unpaired) electrons. The fourth-order valence-electron chi connectivity index (χ4n) is 4.68. The van der Waals surface area contributed by atoms with E-state index in [0.717, 1.165) is 16.7 Å². The van der Waals surface area contributed by atoms with E-state index in [0.29, 0.717) is 46.9 Å². The lowest BCUT2D eigenvalue weighted by Crippen LogP contribution is -2.29. The summed E-state index contributed by atoms with van der Waals surface area (Å²) < 4.78 is 17.7. The quantitative estimate of drug-likeness (QED) is 0.349. The van der Waals surface area contributed by atoms with Gasteiger partial charge < -0.3 is 13.9 Å². The van der Waals surface area contributed by atoms with E-state index in [1.54, 1.807) is 11.0 Å². The van der Waals surface area contributed by atoms with Gasteiger partial charge in [0.1, 0.15) is 5.58 Å². The topological polar surface area (TPSA) is 69.0 Å². The zero-order valence-electron chi connectivity index (χ0n) is 20.3. The summed E-state index contributed by atoms with van der Waals surface area (Å²) in [7, 11) is 0. The third kappa shape index (κ3) is 3.85. The van der Waals surface area contributed by atoms with Crippen LogP contribution in [0.5, 0.6) is 11.5 Å². The summed E-state index contributed by atoms with van der Waals surface area (Å²) in [6.45, 7) is 8.66. The minimum Gasteiger partial charge on any atom is -0.490 e. The molecule has 0 saturated heterocycles. The Morgan fingerprint density at radius 1 is 0.857 bits per heavy atom. The van der Waals surface area contributed by atoms with Crippen LogP contribution in [0, 0.1) is 13.8 Å². The molecule has 2 heterocycles. The van der Waals surface area contributed by atoms with Gasteiger partial charge in [-0.05, 0) is 75.2 Å². The zero-order chi connectivity index (χ0) is 24.7. The van der Waals surface area contributed by atoms with Crippen LogP contribution in [0.15, 0.2) is 69.9 Å². The van der Waals surface area contributed by atoms with Crippen molar-refractivity contribution in [3.05, 3.63) is 98.9 Å². The van der Waals surface area contributed by atoms with Crippen LogP contribution in [-0.4, -0.2) is 19.1 Å².